The number of rotatable bonds is 9. The number of hydrogen-bond acceptors (Lipinski definition) is 9. The molecule has 0 unspecified atom stereocenters. The average Bonchev–Trinajstić information content (AvgIpc) is 2.79. The first kappa shape index (κ1) is 28.4. The van der Waals surface area contributed by atoms with Crippen LogP contribution in [0.1, 0.15) is 52.2 Å². The Labute approximate surface area is 220 Å². The zero-order valence-corrected chi connectivity index (χ0v) is 22.0. The number of benzene rings is 2. The summed E-state index contributed by atoms with van der Waals surface area (Å²) >= 11 is 0. The standard InChI is InChI=1S/C27H32N2O9/c1-26(2,3)28-25(32)36-19(15-20-23(30)37-27(4,5)38-24(20)31)13-18-11-12-22(21(14-18)29(33)34)35-16-17-9-7-6-8-10-17/h6-12,14,19-20H,13,15-16H2,1-5H3,(H,28,32)/t19-/m1/s1. The molecule has 0 bridgehead atoms. The van der Waals surface area contributed by atoms with Crippen molar-refractivity contribution in [1.82, 2.24) is 5.32 Å². The molecule has 1 atom stereocenters. The van der Waals surface area contributed by atoms with Crippen LogP contribution in [0.25, 0.3) is 0 Å². The third-order valence-electron chi connectivity index (χ3n) is 5.43. The van der Waals surface area contributed by atoms with Gasteiger partial charge in [0, 0.05) is 38.3 Å². The van der Waals surface area contributed by atoms with E-state index in [4.69, 9.17) is 18.9 Å². The maximum atomic E-state index is 12.5. The summed E-state index contributed by atoms with van der Waals surface area (Å²) in [5.41, 5.74) is 0.411. The van der Waals surface area contributed by atoms with E-state index in [0.29, 0.717) is 5.56 Å². The summed E-state index contributed by atoms with van der Waals surface area (Å²) in [7, 11) is 0. The third-order valence-corrected chi connectivity index (χ3v) is 5.43. The fourth-order valence-electron chi connectivity index (χ4n) is 3.81. The number of ether oxygens (including phenoxy) is 4. The van der Waals surface area contributed by atoms with Gasteiger partial charge in [-0.15, -0.1) is 0 Å². The van der Waals surface area contributed by atoms with Gasteiger partial charge < -0.3 is 24.3 Å². The lowest BCUT2D eigenvalue weighted by molar-refractivity contribution is -0.386. The minimum absolute atomic E-state index is 0.0161. The smallest absolute Gasteiger partial charge is 0.407 e. The Morgan fingerprint density at radius 1 is 1.08 bits per heavy atom. The molecule has 3 rings (SSSR count). The van der Waals surface area contributed by atoms with Crippen LogP contribution >= 0.6 is 0 Å². The largest absolute Gasteiger partial charge is 0.482 e. The molecule has 0 radical (unpaired) electrons. The van der Waals surface area contributed by atoms with Crippen molar-refractivity contribution in [2.45, 2.75) is 71.5 Å². The Morgan fingerprint density at radius 2 is 1.71 bits per heavy atom. The van der Waals surface area contributed by atoms with Crippen LogP contribution in [0.2, 0.25) is 0 Å². The SMILES string of the molecule is CC(C)(C)NC(=O)O[C@H](Cc1ccc(OCc2ccccc2)c([N+](=O)[O-])c1)CC1C(=O)OC(C)(C)OC1=O. The molecular formula is C27H32N2O9. The first-order chi connectivity index (χ1) is 17.7. The summed E-state index contributed by atoms with van der Waals surface area (Å²) in [5.74, 6) is -4.24. The first-order valence-corrected chi connectivity index (χ1v) is 12.1. The van der Waals surface area contributed by atoms with Crippen LogP contribution < -0.4 is 10.1 Å². The molecule has 1 saturated heterocycles. The van der Waals surface area contributed by atoms with Crippen molar-refractivity contribution >= 4 is 23.7 Å². The van der Waals surface area contributed by atoms with Gasteiger partial charge in [0.15, 0.2) is 11.7 Å². The highest BCUT2D eigenvalue weighted by Crippen LogP contribution is 2.31. The molecule has 0 aromatic heterocycles. The number of carbonyl (C=O) groups excluding carboxylic acids is 3. The highest BCUT2D eigenvalue weighted by atomic mass is 16.7. The predicted molar refractivity (Wildman–Crippen MR) is 135 cm³/mol. The fraction of sp³-hybridized carbons (Fsp3) is 0.444. The Bertz CT molecular complexity index is 1170. The van der Waals surface area contributed by atoms with E-state index in [-0.39, 0.29) is 30.9 Å². The number of nitro groups is 1. The molecule has 0 saturated carbocycles. The molecule has 1 fully saturated rings. The van der Waals surface area contributed by atoms with Gasteiger partial charge in [-0.1, -0.05) is 36.4 Å². The molecule has 204 valence electrons. The predicted octanol–water partition coefficient (Wildman–Crippen LogP) is 4.45. The summed E-state index contributed by atoms with van der Waals surface area (Å²) in [5, 5.41) is 14.4. The van der Waals surface area contributed by atoms with Crippen molar-refractivity contribution in [2.24, 2.45) is 5.92 Å². The summed E-state index contributed by atoms with van der Waals surface area (Å²) < 4.78 is 21.6. The lowest BCUT2D eigenvalue weighted by Gasteiger charge is -2.34. The normalized spacial score (nSPS) is 16.1. The molecule has 1 N–H and O–H groups in total. The maximum absolute atomic E-state index is 12.5. The number of nitrogens with one attached hydrogen (secondary N) is 1. The third kappa shape index (κ3) is 8.19. The van der Waals surface area contributed by atoms with Crippen molar-refractivity contribution in [3.63, 3.8) is 0 Å². The molecule has 2 aromatic carbocycles. The van der Waals surface area contributed by atoms with Crippen molar-refractivity contribution in [1.29, 1.82) is 0 Å². The van der Waals surface area contributed by atoms with Crippen molar-refractivity contribution < 1.29 is 38.3 Å². The first-order valence-electron chi connectivity index (χ1n) is 12.1. The molecule has 2 aromatic rings. The van der Waals surface area contributed by atoms with Crippen molar-refractivity contribution in [2.75, 3.05) is 0 Å². The van der Waals surface area contributed by atoms with Gasteiger partial charge in [-0.05, 0) is 38.0 Å². The van der Waals surface area contributed by atoms with Crippen LogP contribution in [0.5, 0.6) is 5.75 Å². The Hall–Kier alpha value is -4.15. The summed E-state index contributed by atoms with van der Waals surface area (Å²) in [6.07, 6.45) is -2.01. The number of hydrogen-bond donors (Lipinski definition) is 1. The molecule has 1 heterocycles. The number of amides is 1. The molecule has 1 aliphatic rings. The van der Waals surface area contributed by atoms with Crippen LogP contribution in [0.4, 0.5) is 10.5 Å². The van der Waals surface area contributed by atoms with Crippen molar-refractivity contribution in [3.8, 4) is 5.75 Å². The van der Waals surface area contributed by atoms with Gasteiger partial charge in [0.25, 0.3) is 5.79 Å². The molecule has 0 aliphatic carbocycles. The van der Waals surface area contributed by atoms with E-state index in [1.165, 1.54) is 26.0 Å². The highest BCUT2D eigenvalue weighted by Gasteiger charge is 2.44. The van der Waals surface area contributed by atoms with E-state index in [9.17, 15) is 24.5 Å². The topological polar surface area (TPSA) is 143 Å². The molecule has 11 heteroatoms. The van der Waals surface area contributed by atoms with Gasteiger partial charge >= 0.3 is 23.7 Å². The number of cyclic esters (lactones) is 2. The zero-order valence-electron chi connectivity index (χ0n) is 22.0. The highest BCUT2D eigenvalue weighted by molar-refractivity contribution is 5.96. The van der Waals surface area contributed by atoms with Gasteiger partial charge in [-0.2, -0.15) is 0 Å². The number of alkyl carbamates (subject to hydrolysis) is 1. The molecule has 38 heavy (non-hydrogen) atoms. The van der Waals surface area contributed by atoms with Crippen LogP contribution in [0.15, 0.2) is 48.5 Å². The lowest BCUT2D eigenvalue weighted by atomic mass is 9.95. The fourth-order valence-corrected chi connectivity index (χ4v) is 3.81. The van der Waals surface area contributed by atoms with Crippen LogP contribution in [0, 0.1) is 16.0 Å². The Balaban J connectivity index is 1.81. The van der Waals surface area contributed by atoms with E-state index < -0.39 is 46.3 Å². The van der Waals surface area contributed by atoms with Gasteiger partial charge in [-0.25, -0.2) is 4.79 Å². The molecule has 11 nitrogen and oxygen atoms in total. The minimum Gasteiger partial charge on any atom is -0.482 e. The summed E-state index contributed by atoms with van der Waals surface area (Å²) in [4.78, 5) is 48.8. The minimum atomic E-state index is -1.40. The van der Waals surface area contributed by atoms with E-state index in [0.717, 1.165) is 5.56 Å². The van der Waals surface area contributed by atoms with Gasteiger partial charge in [0.05, 0.1) is 4.92 Å². The van der Waals surface area contributed by atoms with Crippen molar-refractivity contribution in [3.05, 3.63) is 69.8 Å². The Morgan fingerprint density at radius 3 is 2.29 bits per heavy atom. The van der Waals surface area contributed by atoms with Gasteiger partial charge in [-0.3, -0.25) is 19.7 Å². The number of nitro benzene ring substituents is 1. The number of carbonyl (C=O) groups is 3. The molecule has 1 aliphatic heterocycles. The molecule has 1 amide bonds. The second-order valence-corrected chi connectivity index (χ2v) is 10.5. The second kappa shape index (κ2) is 11.5. The quantitative estimate of drug-likeness (QED) is 0.216. The van der Waals surface area contributed by atoms with E-state index in [1.807, 2.05) is 30.3 Å². The van der Waals surface area contributed by atoms with Crippen LogP contribution in [0.3, 0.4) is 0 Å². The molecule has 0 spiro atoms. The zero-order chi connectivity index (χ0) is 28.1. The monoisotopic (exact) mass is 528 g/mol. The lowest BCUT2D eigenvalue weighted by Crippen LogP contribution is -2.48. The average molecular weight is 529 g/mol. The van der Waals surface area contributed by atoms with Gasteiger partial charge in [0.2, 0.25) is 0 Å². The maximum Gasteiger partial charge on any atom is 0.407 e. The molecular weight excluding hydrogens is 496 g/mol. The summed E-state index contributed by atoms with van der Waals surface area (Å²) in [6, 6.07) is 13.6. The summed E-state index contributed by atoms with van der Waals surface area (Å²) in [6.45, 7) is 8.30. The van der Waals surface area contributed by atoms with Gasteiger partial charge in [0.1, 0.15) is 12.7 Å². The second-order valence-electron chi connectivity index (χ2n) is 10.5. The van der Waals surface area contributed by atoms with E-state index in [1.54, 1.807) is 26.8 Å². The number of nitrogens with zero attached hydrogens (tertiary/aromatic N) is 1. The van der Waals surface area contributed by atoms with E-state index >= 15 is 0 Å². The van der Waals surface area contributed by atoms with Crippen LogP contribution in [-0.2, 0) is 36.8 Å². The Kier molecular flexibility index (Phi) is 8.60. The number of esters is 2. The van der Waals surface area contributed by atoms with E-state index in [2.05, 4.69) is 5.32 Å². The van der Waals surface area contributed by atoms with Crippen LogP contribution in [-0.4, -0.2) is 40.4 Å².